The van der Waals surface area contributed by atoms with E-state index in [1.807, 2.05) is 20.8 Å². The summed E-state index contributed by atoms with van der Waals surface area (Å²) in [6.45, 7) is 7.38. The molecule has 6 nitrogen and oxygen atoms in total. The van der Waals surface area contributed by atoms with Crippen LogP contribution >= 0.6 is 0 Å². The fourth-order valence-corrected chi connectivity index (χ4v) is 2.52. The van der Waals surface area contributed by atoms with Crippen molar-refractivity contribution in [3.63, 3.8) is 0 Å². The molecule has 1 saturated heterocycles. The summed E-state index contributed by atoms with van der Waals surface area (Å²) in [5.41, 5.74) is -0.533. The van der Waals surface area contributed by atoms with E-state index in [1.165, 1.54) is 0 Å². The molecule has 20 heavy (non-hydrogen) atoms. The first kappa shape index (κ1) is 15.1. The zero-order chi connectivity index (χ0) is 14.6. The quantitative estimate of drug-likeness (QED) is 0.796. The molecule has 0 saturated carbocycles. The second-order valence-electron chi connectivity index (χ2n) is 4.93. The van der Waals surface area contributed by atoms with Crippen molar-refractivity contribution in [2.75, 3.05) is 19.8 Å². The maximum absolute atomic E-state index is 11.9. The molecule has 1 aliphatic heterocycles. The van der Waals surface area contributed by atoms with Gasteiger partial charge in [0, 0.05) is 13.0 Å². The smallest absolute Gasteiger partial charge is 0.239 e. The molecule has 1 aromatic heterocycles. The predicted molar refractivity (Wildman–Crippen MR) is 71.4 cm³/mol. The molecule has 1 aliphatic rings. The van der Waals surface area contributed by atoms with Gasteiger partial charge < -0.3 is 14.0 Å². The number of rotatable bonds is 6. The Morgan fingerprint density at radius 2 is 2.10 bits per heavy atom. The molecular formula is C14H22N2O4. The molecule has 0 aromatic carbocycles. The van der Waals surface area contributed by atoms with Crippen LogP contribution in [0, 0.1) is 0 Å². The van der Waals surface area contributed by atoms with Crippen LogP contribution in [0.3, 0.4) is 0 Å². The first-order valence-electron chi connectivity index (χ1n) is 7.25. The fraction of sp³-hybridized carbons (Fsp3) is 0.786. The first-order chi connectivity index (χ1) is 9.66. The van der Waals surface area contributed by atoms with Crippen LogP contribution in [0.15, 0.2) is 4.52 Å². The van der Waals surface area contributed by atoms with Crippen molar-refractivity contribution in [3.8, 4) is 0 Å². The molecule has 112 valence electrons. The lowest BCUT2D eigenvalue weighted by atomic mass is 9.96. The summed E-state index contributed by atoms with van der Waals surface area (Å²) in [4.78, 5) is 16.3. The van der Waals surface area contributed by atoms with E-state index in [4.69, 9.17) is 14.0 Å². The van der Waals surface area contributed by atoms with E-state index in [9.17, 15) is 4.79 Å². The van der Waals surface area contributed by atoms with Crippen LogP contribution < -0.4 is 0 Å². The number of Topliss-reactive ketones (excluding diaryl/α,β-unsaturated/α-hetero) is 1. The van der Waals surface area contributed by atoms with E-state index in [2.05, 4.69) is 10.1 Å². The number of carbonyl (C=O) groups is 1. The monoisotopic (exact) mass is 282 g/mol. The maximum atomic E-state index is 11.9. The third kappa shape index (κ3) is 2.76. The Morgan fingerprint density at radius 3 is 2.70 bits per heavy atom. The standard InChI is InChI=1S/C14H22N2O4/c1-4-14(5-2,19-6-3)13-15-12(20-16-13)10-9-18-8-7-11(10)17/h10H,4-9H2,1-3H3. The van der Waals surface area contributed by atoms with Gasteiger partial charge in [-0.05, 0) is 19.8 Å². The fourth-order valence-electron chi connectivity index (χ4n) is 2.52. The van der Waals surface area contributed by atoms with Crippen LogP contribution in [0.5, 0.6) is 0 Å². The molecule has 0 N–H and O–H groups in total. The molecule has 0 amide bonds. The van der Waals surface area contributed by atoms with E-state index in [-0.39, 0.29) is 5.78 Å². The molecule has 1 fully saturated rings. The lowest BCUT2D eigenvalue weighted by Crippen LogP contribution is -2.30. The molecule has 1 aromatic rings. The van der Waals surface area contributed by atoms with Crippen LogP contribution in [0.2, 0.25) is 0 Å². The van der Waals surface area contributed by atoms with Gasteiger partial charge in [0.15, 0.2) is 0 Å². The number of hydrogen-bond donors (Lipinski definition) is 0. The zero-order valence-electron chi connectivity index (χ0n) is 12.3. The summed E-state index contributed by atoms with van der Waals surface area (Å²) in [6, 6.07) is 0. The van der Waals surface area contributed by atoms with Crippen LogP contribution in [0.4, 0.5) is 0 Å². The van der Waals surface area contributed by atoms with Gasteiger partial charge in [0.2, 0.25) is 11.7 Å². The summed E-state index contributed by atoms with van der Waals surface area (Å²) >= 11 is 0. The Hall–Kier alpha value is -1.27. The van der Waals surface area contributed by atoms with E-state index < -0.39 is 11.5 Å². The summed E-state index contributed by atoms with van der Waals surface area (Å²) in [7, 11) is 0. The second-order valence-corrected chi connectivity index (χ2v) is 4.93. The topological polar surface area (TPSA) is 74.5 Å². The minimum Gasteiger partial charge on any atom is -0.380 e. The van der Waals surface area contributed by atoms with Crippen LogP contribution in [-0.2, 0) is 19.9 Å². The summed E-state index contributed by atoms with van der Waals surface area (Å²) in [6.07, 6.45) is 1.91. The van der Waals surface area contributed by atoms with Crippen LogP contribution in [0.25, 0.3) is 0 Å². The van der Waals surface area contributed by atoms with Crippen LogP contribution in [0.1, 0.15) is 57.7 Å². The van der Waals surface area contributed by atoms with E-state index in [1.54, 1.807) is 0 Å². The molecule has 0 bridgehead atoms. The molecule has 6 heteroatoms. The summed E-state index contributed by atoms with van der Waals surface area (Å²) < 4.78 is 16.5. The van der Waals surface area contributed by atoms with Crippen molar-refractivity contribution in [2.24, 2.45) is 0 Å². The maximum Gasteiger partial charge on any atom is 0.239 e. The minimum atomic E-state index is -0.533. The van der Waals surface area contributed by atoms with E-state index in [0.717, 1.165) is 12.8 Å². The first-order valence-corrected chi connectivity index (χ1v) is 7.25. The highest BCUT2D eigenvalue weighted by atomic mass is 16.5. The number of hydrogen-bond acceptors (Lipinski definition) is 6. The Morgan fingerprint density at radius 1 is 1.35 bits per heavy atom. The van der Waals surface area contributed by atoms with Crippen molar-refractivity contribution < 1.29 is 18.8 Å². The lowest BCUT2D eigenvalue weighted by Gasteiger charge is -2.27. The number of carbonyl (C=O) groups excluding carboxylic acids is 1. The number of ether oxygens (including phenoxy) is 2. The van der Waals surface area contributed by atoms with Crippen molar-refractivity contribution in [1.82, 2.24) is 10.1 Å². The molecule has 0 radical (unpaired) electrons. The largest absolute Gasteiger partial charge is 0.380 e. The molecular weight excluding hydrogens is 260 g/mol. The summed E-state index contributed by atoms with van der Waals surface area (Å²) in [5, 5.41) is 4.04. The highest BCUT2D eigenvalue weighted by Crippen LogP contribution is 2.32. The average Bonchev–Trinajstić information content (AvgIpc) is 2.95. The Kier molecular flexibility index (Phi) is 4.88. The third-order valence-electron chi connectivity index (χ3n) is 3.88. The van der Waals surface area contributed by atoms with Gasteiger partial charge >= 0.3 is 0 Å². The molecule has 1 atom stereocenters. The number of nitrogens with zero attached hydrogens (tertiary/aromatic N) is 2. The van der Waals surface area contributed by atoms with Gasteiger partial charge in [0.25, 0.3) is 0 Å². The normalized spacial score (nSPS) is 20.4. The minimum absolute atomic E-state index is 0.0986. The second kappa shape index (κ2) is 6.45. The Bertz CT molecular complexity index is 454. The van der Waals surface area contributed by atoms with Crippen molar-refractivity contribution in [3.05, 3.63) is 11.7 Å². The van der Waals surface area contributed by atoms with Gasteiger partial charge in [-0.2, -0.15) is 4.98 Å². The predicted octanol–water partition coefficient (Wildman–Crippen LogP) is 2.19. The average molecular weight is 282 g/mol. The van der Waals surface area contributed by atoms with E-state index >= 15 is 0 Å². The Balaban J connectivity index is 2.24. The van der Waals surface area contributed by atoms with Gasteiger partial charge in [-0.1, -0.05) is 19.0 Å². The number of aromatic nitrogens is 2. The highest BCUT2D eigenvalue weighted by molar-refractivity contribution is 5.85. The van der Waals surface area contributed by atoms with Gasteiger partial charge in [-0.25, -0.2) is 0 Å². The SMILES string of the molecule is CCOC(CC)(CC)c1noc(C2COCCC2=O)n1. The van der Waals surface area contributed by atoms with E-state index in [0.29, 0.717) is 38.0 Å². The lowest BCUT2D eigenvalue weighted by molar-refractivity contribution is -0.127. The molecule has 2 heterocycles. The molecule has 0 aliphatic carbocycles. The van der Waals surface area contributed by atoms with Gasteiger partial charge in [0.05, 0.1) is 13.2 Å². The zero-order valence-corrected chi connectivity index (χ0v) is 12.3. The van der Waals surface area contributed by atoms with Gasteiger partial charge in [0.1, 0.15) is 17.3 Å². The van der Waals surface area contributed by atoms with Crippen molar-refractivity contribution in [2.45, 2.75) is 51.6 Å². The summed E-state index contributed by atoms with van der Waals surface area (Å²) in [5.74, 6) is 0.535. The van der Waals surface area contributed by atoms with Gasteiger partial charge in [-0.15, -0.1) is 0 Å². The van der Waals surface area contributed by atoms with Crippen molar-refractivity contribution in [1.29, 1.82) is 0 Å². The Labute approximate surface area is 118 Å². The molecule has 2 rings (SSSR count). The molecule has 1 unspecified atom stereocenters. The van der Waals surface area contributed by atoms with Crippen LogP contribution in [-0.4, -0.2) is 35.7 Å². The van der Waals surface area contributed by atoms with Gasteiger partial charge in [-0.3, -0.25) is 4.79 Å². The van der Waals surface area contributed by atoms with Crippen molar-refractivity contribution >= 4 is 5.78 Å². The third-order valence-corrected chi connectivity index (χ3v) is 3.88. The highest BCUT2D eigenvalue weighted by Gasteiger charge is 2.37. The molecule has 0 spiro atoms. The number of ketones is 1.